The number of nitrogens with zero attached hydrogens (tertiary/aromatic N) is 4. The summed E-state index contributed by atoms with van der Waals surface area (Å²) in [6.45, 7) is 5.67. The van der Waals surface area contributed by atoms with Crippen LogP contribution in [0.3, 0.4) is 0 Å². The number of anilines is 1. The smallest absolute Gasteiger partial charge is 0.319 e. The molecule has 1 aromatic heterocycles. The molecule has 3 fully saturated rings. The number of likely N-dealkylation sites (N-methyl/N-ethyl adjacent to an activating group) is 1. The quantitative estimate of drug-likeness (QED) is 0.433. The number of hydrogen-bond donors (Lipinski definition) is 1. The standard InChI is InChI=1S/C21H26BrFIN5O/c1-28-6-2-3-13(28)10-30-20-26-18-14(9-15(24)16(22)17(18)23)19(27-20)29-7-4-21(5-8-29)11-25-12-21/h9,13,25H,2-8,10-12H2,1H3/t13-/m0/s1. The lowest BCUT2D eigenvalue weighted by Crippen LogP contribution is -2.58. The molecule has 3 aliphatic rings. The molecule has 4 heterocycles. The third-order valence-corrected chi connectivity index (χ3v) is 9.35. The van der Waals surface area contributed by atoms with Crippen molar-refractivity contribution >= 4 is 55.2 Å². The van der Waals surface area contributed by atoms with Crippen molar-refractivity contribution in [1.29, 1.82) is 0 Å². The summed E-state index contributed by atoms with van der Waals surface area (Å²) in [7, 11) is 2.12. The van der Waals surface area contributed by atoms with Crippen LogP contribution in [-0.4, -0.2) is 67.3 Å². The molecule has 1 N–H and O–H groups in total. The van der Waals surface area contributed by atoms with E-state index in [2.05, 4.69) is 65.7 Å². The number of halogens is 3. The first-order chi connectivity index (χ1) is 14.5. The van der Waals surface area contributed by atoms with E-state index in [0.717, 1.165) is 66.8 Å². The molecule has 1 atom stereocenters. The molecule has 0 aliphatic carbocycles. The summed E-state index contributed by atoms with van der Waals surface area (Å²) in [6.07, 6.45) is 4.55. The molecule has 9 heteroatoms. The van der Waals surface area contributed by atoms with Gasteiger partial charge in [-0.05, 0) is 89.3 Å². The number of aromatic nitrogens is 2. The van der Waals surface area contributed by atoms with Gasteiger partial charge in [-0.2, -0.15) is 9.97 Å². The molecule has 3 saturated heterocycles. The van der Waals surface area contributed by atoms with Crippen molar-refractivity contribution in [1.82, 2.24) is 20.2 Å². The highest BCUT2D eigenvalue weighted by molar-refractivity contribution is 14.1. The fourth-order valence-electron chi connectivity index (χ4n) is 4.83. The van der Waals surface area contributed by atoms with E-state index in [1.54, 1.807) is 0 Å². The molecule has 0 saturated carbocycles. The lowest BCUT2D eigenvalue weighted by atomic mass is 9.73. The molecule has 2 aromatic rings. The van der Waals surface area contributed by atoms with E-state index < -0.39 is 0 Å². The maximum atomic E-state index is 15.1. The van der Waals surface area contributed by atoms with Gasteiger partial charge in [0.1, 0.15) is 17.9 Å². The van der Waals surface area contributed by atoms with Crippen LogP contribution < -0.4 is 15.0 Å². The molecule has 5 rings (SSSR count). The van der Waals surface area contributed by atoms with Crippen LogP contribution in [0.2, 0.25) is 0 Å². The van der Waals surface area contributed by atoms with Crippen LogP contribution >= 0.6 is 38.5 Å². The van der Waals surface area contributed by atoms with Crippen LogP contribution in [0.15, 0.2) is 10.5 Å². The second-order valence-electron chi connectivity index (χ2n) is 8.89. The monoisotopic (exact) mass is 589 g/mol. The zero-order valence-corrected chi connectivity index (χ0v) is 20.8. The van der Waals surface area contributed by atoms with Gasteiger partial charge in [-0.15, -0.1) is 0 Å². The van der Waals surface area contributed by atoms with Gasteiger partial charge < -0.3 is 19.9 Å². The molecule has 1 spiro atoms. The zero-order valence-electron chi connectivity index (χ0n) is 17.1. The van der Waals surface area contributed by atoms with Crippen LogP contribution in [0.1, 0.15) is 25.7 Å². The molecular weight excluding hydrogens is 564 g/mol. The minimum atomic E-state index is -0.347. The summed E-state index contributed by atoms with van der Waals surface area (Å²) in [6, 6.07) is 2.61. The first-order valence-corrected chi connectivity index (χ1v) is 12.5. The van der Waals surface area contributed by atoms with E-state index in [9.17, 15) is 0 Å². The highest BCUT2D eigenvalue weighted by Gasteiger charge is 2.40. The van der Waals surface area contributed by atoms with Gasteiger partial charge >= 0.3 is 6.01 Å². The van der Waals surface area contributed by atoms with Gasteiger partial charge in [-0.25, -0.2) is 4.39 Å². The van der Waals surface area contributed by atoms with Crippen LogP contribution in [0.4, 0.5) is 10.2 Å². The predicted octanol–water partition coefficient (Wildman–Crippen LogP) is 3.80. The van der Waals surface area contributed by atoms with Crippen molar-refractivity contribution < 1.29 is 9.13 Å². The third-order valence-electron chi connectivity index (χ3n) is 6.99. The summed E-state index contributed by atoms with van der Waals surface area (Å²) in [5, 5.41) is 4.17. The molecule has 0 unspecified atom stereocenters. The largest absolute Gasteiger partial charge is 0.462 e. The number of fused-ring (bicyclic) bond motifs is 1. The van der Waals surface area contributed by atoms with E-state index in [4.69, 9.17) is 9.72 Å². The Morgan fingerprint density at radius 1 is 1.30 bits per heavy atom. The summed E-state index contributed by atoms with van der Waals surface area (Å²) in [4.78, 5) is 13.9. The van der Waals surface area contributed by atoms with Crippen LogP contribution in [0, 0.1) is 14.8 Å². The van der Waals surface area contributed by atoms with Gasteiger partial charge in [-0.3, -0.25) is 0 Å². The lowest BCUT2D eigenvalue weighted by molar-refractivity contribution is 0.126. The minimum absolute atomic E-state index is 0.274. The van der Waals surface area contributed by atoms with E-state index in [1.807, 2.05) is 6.07 Å². The number of nitrogens with one attached hydrogen (secondary N) is 1. The Morgan fingerprint density at radius 2 is 2.07 bits per heavy atom. The topological polar surface area (TPSA) is 53.5 Å². The van der Waals surface area contributed by atoms with Crippen LogP contribution in [-0.2, 0) is 0 Å². The fraction of sp³-hybridized carbons (Fsp3) is 0.619. The van der Waals surface area contributed by atoms with Gasteiger partial charge in [0, 0.05) is 41.2 Å². The molecule has 162 valence electrons. The Labute approximate surface area is 198 Å². The molecule has 0 bridgehead atoms. The summed E-state index contributed by atoms with van der Waals surface area (Å²) < 4.78 is 22.4. The van der Waals surface area contributed by atoms with E-state index >= 15 is 4.39 Å². The predicted molar refractivity (Wildman–Crippen MR) is 128 cm³/mol. The molecule has 0 radical (unpaired) electrons. The highest BCUT2D eigenvalue weighted by atomic mass is 127. The van der Waals surface area contributed by atoms with Crippen molar-refractivity contribution in [3.8, 4) is 6.01 Å². The normalized spacial score (nSPS) is 23.9. The highest BCUT2D eigenvalue weighted by Crippen LogP contribution is 2.39. The van der Waals surface area contributed by atoms with Crippen molar-refractivity contribution in [3.63, 3.8) is 0 Å². The van der Waals surface area contributed by atoms with Gasteiger partial charge in [0.15, 0.2) is 5.82 Å². The molecule has 30 heavy (non-hydrogen) atoms. The van der Waals surface area contributed by atoms with Crippen LogP contribution in [0.25, 0.3) is 10.9 Å². The first-order valence-electron chi connectivity index (χ1n) is 10.6. The van der Waals surface area contributed by atoms with Gasteiger partial charge in [0.25, 0.3) is 0 Å². The summed E-state index contributed by atoms with van der Waals surface area (Å²) in [5.41, 5.74) is 0.765. The van der Waals surface area contributed by atoms with Crippen molar-refractivity contribution in [2.45, 2.75) is 31.7 Å². The maximum Gasteiger partial charge on any atom is 0.319 e. The Kier molecular flexibility index (Phi) is 5.83. The number of hydrogen-bond acceptors (Lipinski definition) is 6. The fourth-order valence-corrected chi connectivity index (χ4v) is 5.68. The molecule has 1 aromatic carbocycles. The lowest BCUT2D eigenvalue weighted by Gasteiger charge is -2.48. The number of benzene rings is 1. The molecular formula is C21H26BrFIN5O. The number of likely N-dealkylation sites (tertiary alicyclic amines) is 1. The summed E-state index contributed by atoms with van der Waals surface area (Å²) >= 11 is 5.52. The molecule has 0 amide bonds. The Bertz CT molecular complexity index is 962. The van der Waals surface area contributed by atoms with Crippen molar-refractivity contribution in [3.05, 3.63) is 19.9 Å². The molecule has 6 nitrogen and oxygen atoms in total. The summed E-state index contributed by atoms with van der Waals surface area (Å²) in [5.74, 6) is 0.446. The van der Waals surface area contributed by atoms with E-state index in [-0.39, 0.29) is 11.8 Å². The number of ether oxygens (including phenoxy) is 1. The average molecular weight is 590 g/mol. The second kappa shape index (κ2) is 8.29. The first kappa shape index (κ1) is 21.1. The SMILES string of the molecule is CN1CCC[C@H]1COc1nc(N2CCC3(CC2)CNC3)c2cc(I)c(Br)c(F)c2n1. The Balaban J connectivity index is 1.48. The van der Waals surface area contributed by atoms with E-state index in [0.29, 0.717) is 28.1 Å². The number of piperidine rings is 1. The minimum Gasteiger partial charge on any atom is -0.462 e. The number of rotatable bonds is 4. The van der Waals surface area contributed by atoms with Crippen LogP contribution in [0.5, 0.6) is 6.01 Å². The average Bonchev–Trinajstić information content (AvgIpc) is 3.14. The van der Waals surface area contributed by atoms with Crippen molar-refractivity contribution in [2.75, 3.05) is 51.3 Å². The Morgan fingerprint density at radius 3 is 2.70 bits per heavy atom. The second-order valence-corrected chi connectivity index (χ2v) is 10.8. The Hall–Kier alpha value is -0.780. The third kappa shape index (κ3) is 3.80. The van der Waals surface area contributed by atoms with Gasteiger partial charge in [0.05, 0.1) is 4.47 Å². The van der Waals surface area contributed by atoms with E-state index in [1.165, 1.54) is 6.42 Å². The van der Waals surface area contributed by atoms with Gasteiger partial charge in [0.2, 0.25) is 0 Å². The maximum absolute atomic E-state index is 15.1. The zero-order chi connectivity index (χ0) is 20.9. The molecule has 3 aliphatic heterocycles. The van der Waals surface area contributed by atoms with Crippen molar-refractivity contribution in [2.24, 2.45) is 5.41 Å². The van der Waals surface area contributed by atoms with Gasteiger partial charge in [-0.1, -0.05) is 0 Å².